The van der Waals surface area contributed by atoms with Crippen molar-refractivity contribution in [3.8, 4) is 17.3 Å². The fourth-order valence-corrected chi connectivity index (χ4v) is 5.32. The van der Waals surface area contributed by atoms with Crippen molar-refractivity contribution in [2.45, 2.75) is 32.9 Å². The van der Waals surface area contributed by atoms with Crippen molar-refractivity contribution in [2.24, 2.45) is 0 Å². The van der Waals surface area contributed by atoms with Crippen LogP contribution >= 0.6 is 0 Å². The minimum absolute atomic E-state index is 0.180. The van der Waals surface area contributed by atoms with Gasteiger partial charge in [0.05, 0.1) is 36.8 Å². The summed E-state index contributed by atoms with van der Waals surface area (Å²) in [5, 5.41) is 8.16. The number of methoxy groups -OCH3 is 1. The summed E-state index contributed by atoms with van der Waals surface area (Å²) in [5.41, 5.74) is 6.93. The molecule has 7 nitrogen and oxygen atoms in total. The molecule has 0 unspecified atom stereocenters. The van der Waals surface area contributed by atoms with E-state index in [0.717, 1.165) is 46.2 Å². The number of aromatic nitrogens is 3. The Morgan fingerprint density at radius 3 is 2.41 bits per heavy atom. The number of para-hydroxylation sites is 1. The summed E-state index contributed by atoms with van der Waals surface area (Å²) in [7, 11) is 1.63. The molecule has 1 N–H and O–H groups in total. The summed E-state index contributed by atoms with van der Waals surface area (Å²) >= 11 is 0. The number of nitrogens with zero attached hydrogens (tertiary/aromatic N) is 4. The van der Waals surface area contributed by atoms with Gasteiger partial charge in [0.25, 0.3) is 0 Å². The maximum Gasteiger partial charge on any atom is 0.322 e. The second-order valence-electron chi connectivity index (χ2n) is 9.75. The number of fused-ring (bicyclic) bond motifs is 3. The minimum atomic E-state index is -0.305. The molecule has 2 amide bonds. The number of anilines is 1. The van der Waals surface area contributed by atoms with Gasteiger partial charge >= 0.3 is 6.03 Å². The maximum absolute atomic E-state index is 14.1. The Morgan fingerprint density at radius 1 is 0.974 bits per heavy atom. The standard InChI is InChI=1S/C32H31N5O2/c1-4-28-27-21-36(32(38)33-24-16-18-26(39-3)19-17-24)30(23-14-12-22(2)13-15-23)29-11-8-20-35(29)31(27)37(34-28)25-9-6-5-7-10-25/h5-20,30H,4,21H2,1-3H3,(H,33,38)/t30-/m0/s1. The van der Waals surface area contributed by atoms with Gasteiger partial charge in [0.1, 0.15) is 11.6 Å². The summed E-state index contributed by atoms with van der Waals surface area (Å²) in [6, 6.07) is 29.7. The van der Waals surface area contributed by atoms with E-state index in [4.69, 9.17) is 9.84 Å². The number of urea groups is 1. The SMILES string of the molecule is CCc1nn(-c2ccccc2)c2c1CN(C(=O)Nc1ccc(OC)cc1)[C@@H](c1ccc(C)cc1)c1cccn1-2. The molecule has 1 aliphatic heterocycles. The molecule has 5 aromatic rings. The largest absolute Gasteiger partial charge is 0.497 e. The summed E-state index contributed by atoms with van der Waals surface area (Å²) in [6.07, 6.45) is 2.82. The molecule has 1 aliphatic rings. The van der Waals surface area contributed by atoms with E-state index < -0.39 is 0 Å². The van der Waals surface area contributed by atoms with Crippen LogP contribution in [0.15, 0.2) is 97.2 Å². The molecule has 0 saturated heterocycles. The van der Waals surface area contributed by atoms with Crippen LogP contribution in [0.1, 0.15) is 41.0 Å². The van der Waals surface area contributed by atoms with E-state index in [2.05, 4.69) is 72.4 Å². The van der Waals surface area contributed by atoms with Gasteiger partial charge in [-0.25, -0.2) is 9.48 Å². The highest BCUT2D eigenvalue weighted by Crippen LogP contribution is 2.39. The van der Waals surface area contributed by atoms with Crippen LogP contribution in [0.4, 0.5) is 10.5 Å². The van der Waals surface area contributed by atoms with Gasteiger partial charge in [0, 0.05) is 17.4 Å². The molecule has 196 valence electrons. The Kier molecular flexibility index (Phi) is 6.40. The zero-order valence-corrected chi connectivity index (χ0v) is 22.3. The third-order valence-corrected chi connectivity index (χ3v) is 7.30. The molecule has 2 aromatic heterocycles. The van der Waals surface area contributed by atoms with Crippen LogP contribution < -0.4 is 10.1 Å². The predicted molar refractivity (Wildman–Crippen MR) is 153 cm³/mol. The van der Waals surface area contributed by atoms with Gasteiger partial charge in [-0.3, -0.25) is 0 Å². The molecule has 0 saturated carbocycles. The highest BCUT2D eigenvalue weighted by atomic mass is 16.5. The van der Waals surface area contributed by atoms with Crippen molar-refractivity contribution in [2.75, 3.05) is 12.4 Å². The first-order valence-corrected chi connectivity index (χ1v) is 13.2. The first-order chi connectivity index (χ1) is 19.1. The summed E-state index contributed by atoms with van der Waals surface area (Å²) in [4.78, 5) is 16.0. The van der Waals surface area contributed by atoms with E-state index in [-0.39, 0.29) is 12.1 Å². The first kappa shape index (κ1) is 24.6. The van der Waals surface area contributed by atoms with E-state index in [1.807, 2.05) is 58.1 Å². The minimum Gasteiger partial charge on any atom is -0.497 e. The van der Waals surface area contributed by atoms with Crippen molar-refractivity contribution < 1.29 is 9.53 Å². The lowest BCUT2D eigenvalue weighted by Crippen LogP contribution is -2.38. The number of rotatable bonds is 5. The Hall–Kier alpha value is -4.78. The normalized spacial score (nSPS) is 14.3. The average Bonchev–Trinajstić information content (AvgIpc) is 3.56. The molecule has 0 spiro atoms. The van der Waals surface area contributed by atoms with Gasteiger partial charge in [-0.05, 0) is 67.4 Å². The quantitative estimate of drug-likeness (QED) is 0.283. The molecule has 1 atom stereocenters. The molecule has 39 heavy (non-hydrogen) atoms. The van der Waals surface area contributed by atoms with Crippen LogP contribution in [0, 0.1) is 6.92 Å². The fraction of sp³-hybridized carbons (Fsp3) is 0.188. The number of ether oxygens (including phenoxy) is 1. The average molecular weight is 518 g/mol. The number of hydrogen-bond acceptors (Lipinski definition) is 3. The van der Waals surface area contributed by atoms with Crippen molar-refractivity contribution in [1.29, 1.82) is 0 Å². The molecular weight excluding hydrogens is 486 g/mol. The molecule has 0 bridgehead atoms. The molecule has 3 aromatic carbocycles. The van der Waals surface area contributed by atoms with Crippen molar-refractivity contribution in [1.82, 2.24) is 19.2 Å². The Labute approximate surface area is 228 Å². The fourth-order valence-electron chi connectivity index (χ4n) is 5.32. The van der Waals surface area contributed by atoms with Crippen LogP contribution in [0.2, 0.25) is 0 Å². The number of aryl methyl sites for hydroxylation is 2. The number of carbonyl (C=O) groups is 1. The van der Waals surface area contributed by atoms with E-state index in [1.54, 1.807) is 7.11 Å². The van der Waals surface area contributed by atoms with E-state index in [9.17, 15) is 4.79 Å². The van der Waals surface area contributed by atoms with Gasteiger partial charge in [-0.1, -0.05) is 55.0 Å². The smallest absolute Gasteiger partial charge is 0.322 e. The Bertz CT molecular complexity index is 1600. The molecule has 0 radical (unpaired) electrons. The summed E-state index contributed by atoms with van der Waals surface area (Å²) in [5.74, 6) is 1.71. The van der Waals surface area contributed by atoms with Crippen molar-refractivity contribution >= 4 is 11.7 Å². The number of amides is 2. The number of carbonyl (C=O) groups excluding carboxylic acids is 1. The molecule has 7 heteroatoms. The predicted octanol–water partition coefficient (Wildman–Crippen LogP) is 6.68. The lowest BCUT2D eigenvalue weighted by atomic mass is 10.0. The van der Waals surface area contributed by atoms with E-state index in [0.29, 0.717) is 12.2 Å². The van der Waals surface area contributed by atoms with Gasteiger partial charge < -0.3 is 19.5 Å². The Morgan fingerprint density at radius 2 is 1.72 bits per heavy atom. The van der Waals surface area contributed by atoms with Gasteiger partial charge in [-0.15, -0.1) is 0 Å². The second-order valence-corrected chi connectivity index (χ2v) is 9.75. The van der Waals surface area contributed by atoms with Crippen LogP contribution in [0.25, 0.3) is 11.5 Å². The van der Waals surface area contributed by atoms with E-state index in [1.165, 1.54) is 5.56 Å². The molecule has 0 aliphatic carbocycles. The van der Waals surface area contributed by atoms with Crippen LogP contribution in [-0.2, 0) is 13.0 Å². The van der Waals surface area contributed by atoms with Crippen molar-refractivity contribution in [3.05, 3.63) is 125 Å². The van der Waals surface area contributed by atoms with Gasteiger partial charge in [0.2, 0.25) is 0 Å². The van der Waals surface area contributed by atoms with Crippen LogP contribution in [-0.4, -0.2) is 32.4 Å². The third-order valence-electron chi connectivity index (χ3n) is 7.30. The molecule has 0 fully saturated rings. The number of benzene rings is 3. The van der Waals surface area contributed by atoms with Gasteiger partial charge in [-0.2, -0.15) is 5.10 Å². The van der Waals surface area contributed by atoms with Crippen LogP contribution in [0.5, 0.6) is 5.75 Å². The summed E-state index contributed by atoms with van der Waals surface area (Å²) < 4.78 is 9.49. The highest BCUT2D eigenvalue weighted by molar-refractivity contribution is 5.90. The van der Waals surface area contributed by atoms with Crippen LogP contribution in [0.3, 0.4) is 0 Å². The molecule has 6 rings (SSSR count). The lowest BCUT2D eigenvalue weighted by molar-refractivity contribution is 0.194. The maximum atomic E-state index is 14.1. The van der Waals surface area contributed by atoms with Crippen molar-refractivity contribution in [3.63, 3.8) is 0 Å². The van der Waals surface area contributed by atoms with Gasteiger partial charge in [0.15, 0.2) is 0 Å². The first-order valence-electron chi connectivity index (χ1n) is 13.2. The second kappa shape index (κ2) is 10.2. The molecule has 3 heterocycles. The zero-order chi connectivity index (χ0) is 26.9. The van der Waals surface area contributed by atoms with E-state index >= 15 is 0 Å². The number of hydrogen-bond donors (Lipinski definition) is 1. The topological polar surface area (TPSA) is 64.3 Å². The number of nitrogens with one attached hydrogen (secondary N) is 1. The summed E-state index contributed by atoms with van der Waals surface area (Å²) in [6.45, 7) is 4.59. The Balaban J connectivity index is 1.52. The zero-order valence-electron chi connectivity index (χ0n) is 22.3. The molecular formula is C32H31N5O2. The monoisotopic (exact) mass is 517 g/mol. The highest BCUT2D eigenvalue weighted by Gasteiger charge is 2.36. The lowest BCUT2D eigenvalue weighted by Gasteiger charge is -2.31. The third kappa shape index (κ3) is 4.46.